The van der Waals surface area contributed by atoms with Gasteiger partial charge in [-0.2, -0.15) is 0 Å². The summed E-state index contributed by atoms with van der Waals surface area (Å²) >= 11 is 0. The van der Waals surface area contributed by atoms with Crippen molar-refractivity contribution in [3.8, 4) is 5.75 Å². The molecule has 0 saturated heterocycles. The van der Waals surface area contributed by atoms with E-state index in [4.69, 9.17) is 4.42 Å². The molecule has 0 radical (unpaired) electrons. The topological polar surface area (TPSA) is 76.5 Å². The van der Waals surface area contributed by atoms with Crippen molar-refractivity contribution < 1.29 is 14.4 Å². The lowest BCUT2D eigenvalue weighted by molar-refractivity contribution is -0.384. The summed E-state index contributed by atoms with van der Waals surface area (Å²) in [7, 11) is 0. The number of phenolic OH excluding ortho intramolecular Hbond substituents is 1. The van der Waals surface area contributed by atoms with E-state index in [-0.39, 0.29) is 17.0 Å². The number of nitrogens with zero attached hydrogens (tertiary/aromatic N) is 1. The molecule has 2 aromatic rings. The molecule has 1 heterocycles. The van der Waals surface area contributed by atoms with Crippen LogP contribution in [-0.2, 0) is 0 Å². The van der Waals surface area contributed by atoms with E-state index in [0.29, 0.717) is 5.39 Å². The summed E-state index contributed by atoms with van der Waals surface area (Å²) in [5, 5.41) is 20.5. The second-order valence-electron chi connectivity index (χ2n) is 3.02. The molecule has 0 saturated carbocycles. The monoisotopic (exact) mass is 193 g/mol. The van der Waals surface area contributed by atoms with Crippen LogP contribution >= 0.6 is 0 Å². The third kappa shape index (κ3) is 1.10. The zero-order chi connectivity index (χ0) is 10.3. The van der Waals surface area contributed by atoms with Crippen molar-refractivity contribution in [1.82, 2.24) is 0 Å². The lowest BCUT2D eigenvalue weighted by Gasteiger charge is -1.95. The number of non-ortho nitro benzene ring substituents is 1. The van der Waals surface area contributed by atoms with E-state index in [9.17, 15) is 15.2 Å². The van der Waals surface area contributed by atoms with Gasteiger partial charge in [-0.05, 0) is 12.5 Å². The number of phenols is 1. The molecule has 0 aliphatic rings. The minimum atomic E-state index is -0.550. The first kappa shape index (κ1) is 8.55. The zero-order valence-corrected chi connectivity index (χ0v) is 7.35. The second-order valence-corrected chi connectivity index (χ2v) is 3.02. The van der Waals surface area contributed by atoms with E-state index in [2.05, 4.69) is 0 Å². The maximum Gasteiger partial charge on any atom is 0.274 e. The third-order valence-corrected chi connectivity index (χ3v) is 2.04. The van der Waals surface area contributed by atoms with Crippen molar-refractivity contribution in [3.63, 3.8) is 0 Å². The van der Waals surface area contributed by atoms with Crippen molar-refractivity contribution in [3.05, 3.63) is 34.1 Å². The fourth-order valence-corrected chi connectivity index (χ4v) is 1.33. The van der Waals surface area contributed by atoms with Crippen molar-refractivity contribution in [1.29, 1.82) is 0 Å². The Balaban J connectivity index is 2.82. The molecule has 1 aromatic heterocycles. The minimum absolute atomic E-state index is 0.139. The van der Waals surface area contributed by atoms with Gasteiger partial charge < -0.3 is 9.52 Å². The van der Waals surface area contributed by atoms with Gasteiger partial charge >= 0.3 is 0 Å². The minimum Gasteiger partial charge on any atom is -0.504 e. The molecular weight excluding hydrogens is 186 g/mol. The number of rotatable bonds is 1. The van der Waals surface area contributed by atoms with E-state index >= 15 is 0 Å². The molecule has 0 aliphatic carbocycles. The Hall–Kier alpha value is -2.04. The molecule has 72 valence electrons. The van der Waals surface area contributed by atoms with Crippen LogP contribution < -0.4 is 0 Å². The summed E-state index contributed by atoms with van der Waals surface area (Å²) in [5.74, 6) is -0.206. The largest absolute Gasteiger partial charge is 0.504 e. The molecule has 14 heavy (non-hydrogen) atoms. The fourth-order valence-electron chi connectivity index (χ4n) is 1.33. The molecule has 1 N–H and O–H groups in total. The highest BCUT2D eigenvalue weighted by Gasteiger charge is 2.14. The summed E-state index contributed by atoms with van der Waals surface area (Å²) in [5.41, 5.74) is 0.909. The van der Waals surface area contributed by atoms with Gasteiger partial charge in [0.15, 0.2) is 11.3 Å². The SMILES string of the molecule is Cc1coc2c(O)cc([N+](=O)[O-])cc12. The predicted molar refractivity (Wildman–Crippen MR) is 49.3 cm³/mol. The van der Waals surface area contributed by atoms with Gasteiger partial charge in [-0.25, -0.2) is 0 Å². The van der Waals surface area contributed by atoms with Crippen LogP contribution in [0, 0.1) is 17.0 Å². The fraction of sp³-hybridized carbons (Fsp3) is 0.111. The highest BCUT2D eigenvalue weighted by atomic mass is 16.6. The van der Waals surface area contributed by atoms with Crippen LogP contribution in [-0.4, -0.2) is 10.0 Å². The molecule has 0 spiro atoms. The van der Waals surface area contributed by atoms with Gasteiger partial charge in [0.05, 0.1) is 17.3 Å². The van der Waals surface area contributed by atoms with Crippen molar-refractivity contribution >= 4 is 16.7 Å². The normalized spacial score (nSPS) is 10.6. The molecule has 5 nitrogen and oxygen atoms in total. The number of furan rings is 1. The standard InChI is InChI=1S/C9H7NO4/c1-5-4-14-9-7(5)2-6(10(12)13)3-8(9)11/h2-4,11H,1H3. The average molecular weight is 193 g/mol. The molecule has 1 aromatic carbocycles. The number of hydrogen-bond acceptors (Lipinski definition) is 4. The van der Waals surface area contributed by atoms with Gasteiger partial charge in [-0.1, -0.05) is 0 Å². The number of hydrogen-bond donors (Lipinski definition) is 1. The summed E-state index contributed by atoms with van der Waals surface area (Å²) in [4.78, 5) is 9.94. The number of aromatic hydroxyl groups is 1. The Morgan fingerprint density at radius 2 is 2.21 bits per heavy atom. The number of nitro groups is 1. The van der Waals surface area contributed by atoms with Crippen molar-refractivity contribution in [2.24, 2.45) is 0 Å². The van der Waals surface area contributed by atoms with Crippen LogP contribution in [0.3, 0.4) is 0 Å². The van der Waals surface area contributed by atoms with Crippen molar-refractivity contribution in [2.45, 2.75) is 6.92 Å². The number of benzene rings is 1. The maximum atomic E-state index is 10.5. The molecule has 0 bridgehead atoms. The van der Waals surface area contributed by atoms with Crippen LogP contribution in [0.15, 0.2) is 22.8 Å². The molecule has 0 fully saturated rings. The van der Waals surface area contributed by atoms with E-state index in [0.717, 1.165) is 11.6 Å². The first-order chi connectivity index (χ1) is 6.59. The molecule has 0 atom stereocenters. The summed E-state index contributed by atoms with van der Waals surface area (Å²) in [6, 6.07) is 2.46. The van der Waals surface area contributed by atoms with Crippen LogP contribution in [0.1, 0.15) is 5.56 Å². The zero-order valence-electron chi connectivity index (χ0n) is 7.35. The van der Waals surface area contributed by atoms with Gasteiger partial charge in [0.2, 0.25) is 0 Å². The van der Waals surface area contributed by atoms with Gasteiger partial charge in [-0.15, -0.1) is 0 Å². The van der Waals surface area contributed by atoms with Crippen molar-refractivity contribution in [2.75, 3.05) is 0 Å². The Labute approximate surface area is 78.7 Å². The van der Waals surface area contributed by atoms with E-state index in [1.54, 1.807) is 6.92 Å². The third-order valence-electron chi connectivity index (χ3n) is 2.04. The molecular formula is C9H7NO4. The highest BCUT2D eigenvalue weighted by molar-refractivity contribution is 5.88. The number of aryl methyl sites for hydroxylation is 1. The summed E-state index contributed by atoms with van der Waals surface area (Å²) in [6.07, 6.45) is 1.45. The van der Waals surface area contributed by atoms with E-state index < -0.39 is 4.92 Å². The van der Waals surface area contributed by atoms with E-state index in [1.807, 2.05) is 0 Å². The van der Waals surface area contributed by atoms with Crippen LogP contribution in [0.2, 0.25) is 0 Å². The Bertz CT molecular complexity index is 515. The van der Waals surface area contributed by atoms with Crippen LogP contribution in [0.5, 0.6) is 5.75 Å². The lowest BCUT2D eigenvalue weighted by atomic mass is 10.1. The van der Waals surface area contributed by atoms with Gasteiger partial charge in [0, 0.05) is 11.5 Å². The first-order valence-electron chi connectivity index (χ1n) is 3.95. The Kier molecular flexibility index (Phi) is 1.67. The Morgan fingerprint density at radius 3 is 2.86 bits per heavy atom. The van der Waals surface area contributed by atoms with Gasteiger partial charge in [0.25, 0.3) is 5.69 Å². The van der Waals surface area contributed by atoms with Crippen LogP contribution in [0.25, 0.3) is 11.0 Å². The van der Waals surface area contributed by atoms with Crippen LogP contribution in [0.4, 0.5) is 5.69 Å². The molecule has 0 amide bonds. The highest BCUT2D eigenvalue weighted by Crippen LogP contribution is 2.32. The molecule has 2 rings (SSSR count). The summed E-state index contributed by atoms with van der Waals surface area (Å²) < 4.78 is 5.04. The lowest BCUT2D eigenvalue weighted by Crippen LogP contribution is -1.87. The Morgan fingerprint density at radius 1 is 1.50 bits per heavy atom. The molecule has 5 heteroatoms. The number of fused-ring (bicyclic) bond motifs is 1. The van der Waals surface area contributed by atoms with Gasteiger partial charge in [-0.3, -0.25) is 10.1 Å². The quantitative estimate of drug-likeness (QED) is 0.557. The first-order valence-corrected chi connectivity index (χ1v) is 3.95. The smallest absolute Gasteiger partial charge is 0.274 e. The van der Waals surface area contributed by atoms with Gasteiger partial charge in [0.1, 0.15) is 0 Å². The predicted octanol–water partition coefficient (Wildman–Crippen LogP) is 2.36. The maximum absolute atomic E-state index is 10.5. The molecule has 0 unspecified atom stereocenters. The second kappa shape index (κ2) is 2.73. The van der Waals surface area contributed by atoms with E-state index in [1.165, 1.54) is 12.3 Å². The number of nitro benzene ring substituents is 1. The average Bonchev–Trinajstić information content (AvgIpc) is 2.48. The summed E-state index contributed by atoms with van der Waals surface area (Å²) in [6.45, 7) is 1.76. The molecule has 0 aliphatic heterocycles.